The summed E-state index contributed by atoms with van der Waals surface area (Å²) in [7, 11) is 3.19. The van der Waals surface area contributed by atoms with Crippen LogP contribution in [0, 0.1) is 0 Å². The van der Waals surface area contributed by atoms with Crippen molar-refractivity contribution in [3.63, 3.8) is 0 Å². The number of benzene rings is 2. The zero-order valence-electron chi connectivity index (χ0n) is 17.4. The molecule has 0 aliphatic carbocycles. The van der Waals surface area contributed by atoms with Gasteiger partial charge in [-0.15, -0.1) is 0 Å². The molecule has 154 valence electrons. The van der Waals surface area contributed by atoms with Crippen LogP contribution < -0.4 is 9.47 Å². The van der Waals surface area contributed by atoms with Crippen LogP contribution in [-0.4, -0.2) is 56.1 Å². The molecule has 2 aliphatic rings. The van der Waals surface area contributed by atoms with E-state index in [1.807, 2.05) is 23.1 Å². The summed E-state index contributed by atoms with van der Waals surface area (Å²) in [5.74, 6) is 1.12. The number of ether oxygens (including phenoxy) is 2. The van der Waals surface area contributed by atoms with Gasteiger partial charge in [-0.2, -0.15) is 0 Å². The lowest BCUT2D eigenvalue weighted by atomic mass is 9.79. The Labute approximate surface area is 173 Å². The largest absolute Gasteiger partial charge is 0.496 e. The van der Waals surface area contributed by atoms with E-state index in [1.54, 1.807) is 14.2 Å². The standard InChI is InChI=1S/C24H30N2O3/c1-28-20-11-8-12-21(29-2)22(20)23(27)25-17-13-24(14-18-25,26-15-6-7-16-26)19-9-4-3-5-10-19/h3-5,8-12H,6-7,13-18H2,1-2H3. The van der Waals surface area contributed by atoms with Crippen molar-refractivity contribution in [1.29, 1.82) is 0 Å². The highest BCUT2D eigenvalue weighted by Gasteiger charge is 2.43. The molecular formula is C24H30N2O3. The van der Waals surface area contributed by atoms with Gasteiger partial charge < -0.3 is 14.4 Å². The van der Waals surface area contributed by atoms with Gasteiger partial charge in [-0.25, -0.2) is 0 Å². The summed E-state index contributed by atoms with van der Waals surface area (Å²) in [5, 5.41) is 0. The highest BCUT2D eigenvalue weighted by molar-refractivity contribution is 5.99. The van der Waals surface area contributed by atoms with E-state index in [1.165, 1.54) is 18.4 Å². The average molecular weight is 395 g/mol. The molecule has 0 N–H and O–H groups in total. The minimum atomic E-state index is -0.0117. The van der Waals surface area contributed by atoms with Gasteiger partial charge in [0.2, 0.25) is 0 Å². The van der Waals surface area contributed by atoms with E-state index in [9.17, 15) is 4.79 Å². The molecule has 0 atom stereocenters. The SMILES string of the molecule is COc1cccc(OC)c1C(=O)N1CCC(c2ccccc2)(N2CCCC2)CC1. The third-order valence-electron chi connectivity index (χ3n) is 6.54. The number of hydrogen-bond acceptors (Lipinski definition) is 4. The highest BCUT2D eigenvalue weighted by Crippen LogP contribution is 2.41. The minimum absolute atomic E-state index is 0.0117. The number of carbonyl (C=O) groups is 1. The number of likely N-dealkylation sites (tertiary alicyclic amines) is 2. The second-order valence-electron chi connectivity index (χ2n) is 7.92. The molecule has 5 nitrogen and oxygen atoms in total. The lowest BCUT2D eigenvalue weighted by Gasteiger charge is -2.48. The maximum absolute atomic E-state index is 13.4. The number of carbonyl (C=O) groups excluding carboxylic acids is 1. The number of amides is 1. The Kier molecular flexibility index (Phi) is 5.76. The maximum atomic E-state index is 13.4. The van der Waals surface area contributed by atoms with Crippen LogP contribution in [0.5, 0.6) is 11.5 Å². The molecule has 0 radical (unpaired) electrons. The van der Waals surface area contributed by atoms with Gasteiger partial charge in [-0.3, -0.25) is 9.69 Å². The molecule has 2 aromatic rings. The number of rotatable bonds is 5. The molecule has 2 aromatic carbocycles. The van der Waals surface area contributed by atoms with Crippen LogP contribution >= 0.6 is 0 Å². The Morgan fingerprint density at radius 1 is 0.828 bits per heavy atom. The van der Waals surface area contributed by atoms with Crippen LogP contribution in [0.3, 0.4) is 0 Å². The van der Waals surface area contributed by atoms with E-state index < -0.39 is 0 Å². The smallest absolute Gasteiger partial charge is 0.261 e. The topological polar surface area (TPSA) is 42.0 Å². The van der Waals surface area contributed by atoms with Crippen LogP contribution in [0.2, 0.25) is 0 Å². The molecular weight excluding hydrogens is 364 g/mol. The van der Waals surface area contributed by atoms with Crippen LogP contribution in [0.25, 0.3) is 0 Å². The normalized spacial score (nSPS) is 19.2. The van der Waals surface area contributed by atoms with Crippen molar-refractivity contribution in [2.45, 2.75) is 31.2 Å². The third-order valence-corrected chi connectivity index (χ3v) is 6.54. The highest BCUT2D eigenvalue weighted by atomic mass is 16.5. The molecule has 0 spiro atoms. The first-order valence-electron chi connectivity index (χ1n) is 10.5. The van der Waals surface area contributed by atoms with Crippen molar-refractivity contribution in [3.05, 3.63) is 59.7 Å². The minimum Gasteiger partial charge on any atom is -0.496 e. The van der Waals surface area contributed by atoms with Gasteiger partial charge in [0.1, 0.15) is 17.1 Å². The van der Waals surface area contributed by atoms with E-state index in [2.05, 4.69) is 35.2 Å². The number of piperidine rings is 1. The number of hydrogen-bond donors (Lipinski definition) is 0. The summed E-state index contributed by atoms with van der Waals surface area (Å²) >= 11 is 0. The molecule has 29 heavy (non-hydrogen) atoms. The fourth-order valence-electron chi connectivity index (χ4n) is 4.98. The Balaban J connectivity index is 1.59. The second-order valence-corrected chi connectivity index (χ2v) is 7.92. The monoisotopic (exact) mass is 394 g/mol. The average Bonchev–Trinajstić information content (AvgIpc) is 3.34. The molecule has 2 aliphatic heterocycles. The number of methoxy groups -OCH3 is 2. The first kappa shape index (κ1) is 19.8. The Morgan fingerprint density at radius 2 is 1.41 bits per heavy atom. The van der Waals surface area contributed by atoms with E-state index in [-0.39, 0.29) is 11.4 Å². The van der Waals surface area contributed by atoms with Crippen LogP contribution in [-0.2, 0) is 5.54 Å². The Bertz CT molecular complexity index is 816. The summed E-state index contributed by atoms with van der Waals surface area (Å²) in [5.41, 5.74) is 1.93. The van der Waals surface area contributed by atoms with Crippen LogP contribution in [0.1, 0.15) is 41.6 Å². The van der Waals surface area contributed by atoms with E-state index in [4.69, 9.17) is 9.47 Å². The quantitative estimate of drug-likeness (QED) is 0.771. The molecule has 2 saturated heterocycles. The van der Waals surface area contributed by atoms with Gasteiger partial charge in [0.25, 0.3) is 5.91 Å². The molecule has 4 rings (SSSR count). The first-order valence-corrected chi connectivity index (χ1v) is 10.5. The van der Waals surface area contributed by atoms with Gasteiger partial charge >= 0.3 is 0 Å². The third kappa shape index (κ3) is 3.60. The first-order chi connectivity index (χ1) is 14.2. The van der Waals surface area contributed by atoms with Crippen molar-refractivity contribution in [2.24, 2.45) is 0 Å². The maximum Gasteiger partial charge on any atom is 0.261 e. The van der Waals surface area contributed by atoms with Crippen molar-refractivity contribution in [1.82, 2.24) is 9.80 Å². The van der Waals surface area contributed by atoms with E-state index in [0.717, 1.165) is 39.0 Å². The van der Waals surface area contributed by atoms with Crippen molar-refractivity contribution >= 4 is 5.91 Å². The fourth-order valence-corrected chi connectivity index (χ4v) is 4.98. The van der Waals surface area contributed by atoms with Gasteiger partial charge in [-0.1, -0.05) is 36.4 Å². The lowest BCUT2D eigenvalue weighted by molar-refractivity contribution is 0.0291. The van der Waals surface area contributed by atoms with Crippen LogP contribution in [0.4, 0.5) is 0 Å². The number of nitrogens with zero attached hydrogens (tertiary/aromatic N) is 2. The van der Waals surface area contributed by atoms with Crippen LogP contribution in [0.15, 0.2) is 48.5 Å². The molecule has 0 unspecified atom stereocenters. The molecule has 2 fully saturated rings. The van der Waals surface area contributed by atoms with E-state index in [0.29, 0.717) is 17.1 Å². The van der Waals surface area contributed by atoms with Gasteiger partial charge in [0.15, 0.2) is 0 Å². The summed E-state index contributed by atoms with van der Waals surface area (Å²) < 4.78 is 10.9. The van der Waals surface area contributed by atoms with E-state index >= 15 is 0 Å². The molecule has 2 heterocycles. The predicted molar refractivity (Wildman–Crippen MR) is 114 cm³/mol. The molecule has 0 bridgehead atoms. The van der Waals surface area contributed by atoms with Crippen molar-refractivity contribution < 1.29 is 14.3 Å². The van der Waals surface area contributed by atoms with Crippen molar-refractivity contribution in [3.8, 4) is 11.5 Å². The summed E-state index contributed by atoms with van der Waals surface area (Å²) in [6.45, 7) is 3.74. The molecule has 0 saturated carbocycles. The zero-order valence-corrected chi connectivity index (χ0v) is 17.4. The molecule has 0 aromatic heterocycles. The summed E-state index contributed by atoms with van der Waals surface area (Å²) in [6, 6.07) is 16.3. The second kappa shape index (κ2) is 8.46. The Hall–Kier alpha value is -2.53. The van der Waals surface area contributed by atoms with Gasteiger partial charge in [0, 0.05) is 18.6 Å². The lowest BCUT2D eigenvalue weighted by Crippen LogP contribution is -2.53. The zero-order chi connectivity index (χ0) is 20.3. The fraction of sp³-hybridized carbons (Fsp3) is 0.458. The molecule has 1 amide bonds. The molecule has 5 heteroatoms. The Morgan fingerprint density at radius 3 is 1.97 bits per heavy atom. The van der Waals surface area contributed by atoms with Gasteiger partial charge in [0.05, 0.1) is 14.2 Å². The summed E-state index contributed by atoms with van der Waals surface area (Å²) in [4.78, 5) is 18.0. The van der Waals surface area contributed by atoms with Gasteiger partial charge in [-0.05, 0) is 56.5 Å². The summed E-state index contributed by atoms with van der Waals surface area (Å²) in [6.07, 6.45) is 4.41. The van der Waals surface area contributed by atoms with Crippen molar-refractivity contribution in [2.75, 3.05) is 40.4 Å². The predicted octanol–water partition coefficient (Wildman–Crippen LogP) is 3.93.